The smallest absolute Gasteiger partial charge is 0.175 e. The minimum absolute atomic E-state index is 0.216. The summed E-state index contributed by atoms with van der Waals surface area (Å²) in [5, 5.41) is 0.370. The maximum Gasteiger partial charge on any atom is 0.175 e. The number of aldehydes is 1. The molecule has 0 heterocycles. The number of carbonyl (C=O) groups is 1. The topological polar surface area (TPSA) is 26.3 Å². The number of aryl methyl sites for hydroxylation is 1. The first-order chi connectivity index (χ1) is 5.70. The predicted molar refractivity (Wildman–Crippen MR) is 48.1 cm³/mol. The van der Waals surface area contributed by atoms with Crippen molar-refractivity contribution >= 4 is 29.8 Å². The molecule has 0 aromatic heterocycles. The van der Waals surface area contributed by atoms with Gasteiger partial charge in [-0.2, -0.15) is 0 Å². The summed E-state index contributed by atoms with van der Waals surface area (Å²) in [7, 11) is 0. The van der Waals surface area contributed by atoms with Crippen molar-refractivity contribution in [1.29, 1.82) is 0 Å². The second-order valence-corrected chi connectivity index (χ2v) is 2.84. The first-order valence-electron chi connectivity index (χ1n) is 3.23. The summed E-state index contributed by atoms with van der Waals surface area (Å²) in [4.78, 5) is 10.5. The Morgan fingerprint density at radius 1 is 1.50 bits per heavy atom. The van der Waals surface area contributed by atoms with Gasteiger partial charge >= 0.3 is 0 Å². The zero-order valence-electron chi connectivity index (χ0n) is 6.30. The van der Waals surface area contributed by atoms with Gasteiger partial charge in [-0.05, 0) is 18.6 Å². The summed E-state index contributed by atoms with van der Waals surface area (Å²) in [6.07, 6.45) is 0.642. The summed E-state index contributed by atoms with van der Waals surface area (Å²) in [6, 6.07) is 3.33. The van der Waals surface area contributed by atoms with Crippen molar-refractivity contribution in [2.24, 2.45) is 0 Å². The molecule has 0 unspecified atom stereocenters. The van der Waals surface area contributed by atoms with E-state index < -0.39 is 0 Å². The number of hydrogen-bond donors (Lipinski definition) is 0. The van der Waals surface area contributed by atoms with E-state index in [1.807, 2.05) is 0 Å². The van der Waals surface area contributed by atoms with Crippen molar-refractivity contribution in [3.63, 3.8) is 0 Å². The fraction of sp³-hybridized carbons (Fsp3) is 0.125. The maximum absolute atomic E-state index is 10.5. The van der Waals surface area contributed by atoms with Crippen molar-refractivity contribution in [3.05, 3.63) is 28.3 Å². The Kier molecular flexibility index (Phi) is 2.95. The average molecular weight is 205 g/mol. The van der Waals surface area contributed by atoms with Crippen LogP contribution in [0.3, 0.4) is 0 Å². The van der Waals surface area contributed by atoms with Crippen LogP contribution in [0.2, 0.25) is 5.02 Å². The molecule has 0 N–H and O–H groups in total. The quantitative estimate of drug-likeness (QED) is 0.693. The second-order valence-electron chi connectivity index (χ2n) is 2.31. The van der Waals surface area contributed by atoms with Gasteiger partial charge in [-0.1, -0.05) is 17.7 Å². The molecule has 0 saturated carbocycles. The van der Waals surface area contributed by atoms with Crippen molar-refractivity contribution in [2.45, 2.75) is 6.92 Å². The molecular weight excluding hydrogens is 199 g/mol. The van der Waals surface area contributed by atoms with Gasteiger partial charge in [0.05, 0.1) is 10.6 Å². The number of halogens is 2. The van der Waals surface area contributed by atoms with E-state index in [2.05, 4.69) is 4.29 Å². The van der Waals surface area contributed by atoms with Gasteiger partial charge in [0.2, 0.25) is 0 Å². The van der Waals surface area contributed by atoms with Crippen molar-refractivity contribution in [1.82, 2.24) is 0 Å². The first-order valence-corrected chi connectivity index (χ1v) is 3.92. The molecule has 0 aliphatic rings. The number of rotatable bonds is 2. The Morgan fingerprint density at radius 3 is 2.67 bits per heavy atom. The van der Waals surface area contributed by atoms with Crippen LogP contribution in [0, 0.1) is 6.92 Å². The van der Waals surface area contributed by atoms with E-state index in [1.54, 1.807) is 19.1 Å². The minimum atomic E-state index is 0.216. The summed E-state index contributed by atoms with van der Waals surface area (Å²) in [6.45, 7) is 1.80. The highest BCUT2D eigenvalue weighted by Crippen LogP contribution is 2.31. The van der Waals surface area contributed by atoms with Gasteiger partial charge in [0.25, 0.3) is 0 Å². The fourth-order valence-electron chi connectivity index (χ4n) is 0.841. The average Bonchev–Trinajstić information content (AvgIpc) is 2.09. The van der Waals surface area contributed by atoms with Crippen molar-refractivity contribution < 1.29 is 9.08 Å². The Morgan fingerprint density at radius 2 is 2.17 bits per heavy atom. The molecule has 1 aromatic carbocycles. The third kappa shape index (κ3) is 1.54. The third-order valence-corrected chi connectivity index (χ3v) is 2.15. The van der Waals surface area contributed by atoms with Crippen LogP contribution in [-0.2, 0) is 0 Å². The highest BCUT2D eigenvalue weighted by molar-refractivity contribution is 6.33. The van der Waals surface area contributed by atoms with Crippen LogP contribution in [0.1, 0.15) is 15.9 Å². The lowest BCUT2D eigenvalue weighted by atomic mass is 10.1. The molecule has 64 valence electrons. The molecule has 0 atom stereocenters. The Balaban J connectivity index is 3.35. The van der Waals surface area contributed by atoms with Crippen LogP contribution >= 0.6 is 23.5 Å². The number of carbonyl (C=O) groups excluding carboxylic acids is 1. The van der Waals surface area contributed by atoms with E-state index in [0.29, 0.717) is 16.9 Å². The molecule has 1 rings (SSSR count). The van der Waals surface area contributed by atoms with E-state index >= 15 is 0 Å². The van der Waals surface area contributed by atoms with Gasteiger partial charge in [0.15, 0.2) is 12.0 Å². The van der Waals surface area contributed by atoms with Gasteiger partial charge in [0.1, 0.15) is 11.9 Å². The number of hydrogen-bond acceptors (Lipinski definition) is 2. The van der Waals surface area contributed by atoms with Crippen LogP contribution < -0.4 is 4.29 Å². The molecule has 0 spiro atoms. The van der Waals surface area contributed by atoms with Crippen molar-refractivity contribution in [3.8, 4) is 5.75 Å². The van der Waals surface area contributed by atoms with E-state index in [9.17, 15) is 4.79 Å². The molecule has 0 aliphatic carbocycles. The molecule has 2 nitrogen and oxygen atoms in total. The SMILES string of the molecule is Cc1ccc(C=O)c(OCl)c1Cl. The van der Waals surface area contributed by atoms with Gasteiger partial charge in [0, 0.05) is 0 Å². The van der Waals surface area contributed by atoms with Crippen molar-refractivity contribution in [2.75, 3.05) is 0 Å². The zero-order chi connectivity index (χ0) is 9.14. The van der Waals surface area contributed by atoms with Crippen LogP contribution in [-0.4, -0.2) is 6.29 Å². The summed E-state index contributed by atoms with van der Waals surface area (Å²) < 4.78 is 4.46. The van der Waals surface area contributed by atoms with E-state index in [1.165, 1.54) is 0 Å². The van der Waals surface area contributed by atoms with Crippen LogP contribution in [0.15, 0.2) is 12.1 Å². The lowest BCUT2D eigenvalue weighted by Crippen LogP contribution is -1.89. The molecule has 0 fully saturated rings. The largest absolute Gasteiger partial charge is 0.383 e. The Labute approximate surface area is 80.2 Å². The molecule has 0 radical (unpaired) electrons. The van der Waals surface area contributed by atoms with E-state index in [-0.39, 0.29) is 5.75 Å². The monoisotopic (exact) mass is 204 g/mol. The highest BCUT2D eigenvalue weighted by atomic mass is 35.5. The molecule has 12 heavy (non-hydrogen) atoms. The van der Waals surface area contributed by atoms with Crippen LogP contribution in [0.4, 0.5) is 0 Å². The molecule has 0 bridgehead atoms. The summed E-state index contributed by atoms with van der Waals surface area (Å²) in [5.41, 5.74) is 1.17. The summed E-state index contributed by atoms with van der Waals surface area (Å²) in [5.74, 6) is 0.216. The van der Waals surface area contributed by atoms with Gasteiger partial charge in [-0.15, -0.1) is 0 Å². The van der Waals surface area contributed by atoms with E-state index in [4.69, 9.17) is 23.5 Å². The van der Waals surface area contributed by atoms with Gasteiger partial charge in [-0.3, -0.25) is 4.79 Å². The molecule has 0 amide bonds. The molecule has 0 saturated heterocycles. The minimum Gasteiger partial charge on any atom is -0.383 e. The third-order valence-electron chi connectivity index (χ3n) is 1.52. The lowest BCUT2D eigenvalue weighted by molar-refractivity contribution is 0.112. The first kappa shape index (κ1) is 9.36. The lowest BCUT2D eigenvalue weighted by Gasteiger charge is -2.04. The highest BCUT2D eigenvalue weighted by Gasteiger charge is 2.09. The maximum atomic E-state index is 10.5. The van der Waals surface area contributed by atoms with E-state index in [0.717, 1.165) is 5.56 Å². The normalized spacial score (nSPS) is 9.58. The second kappa shape index (κ2) is 3.78. The van der Waals surface area contributed by atoms with Gasteiger partial charge in [-0.25, -0.2) is 0 Å². The fourth-order valence-corrected chi connectivity index (χ4v) is 1.26. The van der Waals surface area contributed by atoms with Crippen LogP contribution in [0.25, 0.3) is 0 Å². The Bertz CT molecular complexity index is 310. The van der Waals surface area contributed by atoms with Gasteiger partial charge < -0.3 is 4.29 Å². The number of benzene rings is 1. The summed E-state index contributed by atoms with van der Waals surface area (Å²) >= 11 is 11.0. The van der Waals surface area contributed by atoms with Crippen LogP contribution in [0.5, 0.6) is 5.75 Å². The Hall–Kier alpha value is -0.730. The molecule has 0 aliphatic heterocycles. The molecule has 4 heteroatoms. The molecular formula is C8H6Cl2O2. The molecule has 1 aromatic rings. The standard InChI is InChI=1S/C8H6Cl2O2/c1-5-2-3-6(4-11)8(12-10)7(5)9/h2-4H,1H3. The zero-order valence-corrected chi connectivity index (χ0v) is 7.82. The predicted octanol–water partition coefficient (Wildman–Crippen LogP) is 2.99.